The van der Waals surface area contributed by atoms with Crippen molar-refractivity contribution in [3.63, 3.8) is 0 Å². The quantitative estimate of drug-likeness (QED) is 0.735. The van der Waals surface area contributed by atoms with Crippen LogP contribution in [-0.2, 0) is 9.59 Å². The summed E-state index contributed by atoms with van der Waals surface area (Å²) in [5.74, 6) is -2.65. The molecule has 1 heterocycles. The third kappa shape index (κ3) is 3.80. The molecule has 0 unspecified atom stereocenters. The van der Waals surface area contributed by atoms with Crippen molar-refractivity contribution in [1.29, 1.82) is 0 Å². The Balaban J connectivity index is 3.22. The number of rotatable bonds is 6. The van der Waals surface area contributed by atoms with Crippen LogP contribution in [0.25, 0.3) is 0 Å². The Morgan fingerprint density at radius 1 is 1.32 bits per heavy atom. The first-order valence-electron chi connectivity index (χ1n) is 5.58. The van der Waals surface area contributed by atoms with E-state index >= 15 is 0 Å². The van der Waals surface area contributed by atoms with Gasteiger partial charge in [-0.1, -0.05) is 0 Å². The summed E-state index contributed by atoms with van der Waals surface area (Å²) in [6.45, 7) is 2.36. The van der Waals surface area contributed by atoms with Crippen molar-refractivity contribution in [2.24, 2.45) is 0 Å². The Morgan fingerprint density at radius 2 is 1.84 bits per heavy atom. The Bertz CT molecular complexity index is 521. The van der Waals surface area contributed by atoms with E-state index in [4.69, 9.17) is 10.2 Å². The largest absolute Gasteiger partial charge is 0.480 e. The number of carboxylic acids is 2. The molecule has 0 radical (unpaired) electrons. The van der Waals surface area contributed by atoms with Crippen LogP contribution < -0.4 is 10.5 Å². The van der Waals surface area contributed by atoms with Crippen molar-refractivity contribution in [3.8, 4) is 0 Å². The topological polar surface area (TPSA) is 113 Å². The lowest BCUT2D eigenvalue weighted by Gasteiger charge is -2.20. The van der Waals surface area contributed by atoms with Crippen LogP contribution in [0, 0.1) is 0 Å². The molecule has 0 atom stereocenters. The lowest BCUT2D eigenvalue weighted by molar-refractivity contribution is -0.136. The number of aliphatic carboxylic acids is 2. The van der Waals surface area contributed by atoms with Gasteiger partial charge in [-0.15, -0.1) is 0 Å². The molecule has 104 valence electrons. The molecule has 0 aliphatic carbocycles. The molecule has 1 aromatic rings. The van der Waals surface area contributed by atoms with Gasteiger partial charge < -0.3 is 19.7 Å². The van der Waals surface area contributed by atoms with Crippen LogP contribution in [-0.4, -0.2) is 44.8 Å². The van der Waals surface area contributed by atoms with Crippen LogP contribution in [0.15, 0.2) is 17.2 Å². The molecule has 2 N–H and O–H groups in total. The summed E-state index contributed by atoms with van der Waals surface area (Å²) in [4.78, 5) is 38.3. The maximum Gasteiger partial charge on any atom is 0.323 e. The lowest BCUT2D eigenvalue weighted by Crippen LogP contribution is -2.40. The van der Waals surface area contributed by atoms with Crippen LogP contribution in [0.4, 0.5) is 5.82 Å². The Hall–Kier alpha value is -2.38. The van der Waals surface area contributed by atoms with E-state index in [1.807, 2.05) is 0 Å². The zero-order chi connectivity index (χ0) is 14.6. The first kappa shape index (κ1) is 14.7. The molecule has 0 bridgehead atoms. The zero-order valence-electron chi connectivity index (χ0n) is 10.6. The zero-order valence-corrected chi connectivity index (χ0v) is 10.6. The van der Waals surface area contributed by atoms with Crippen molar-refractivity contribution >= 4 is 17.8 Å². The minimum absolute atomic E-state index is 0.134. The molecule has 19 heavy (non-hydrogen) atoms. The number of aromatic nitrogens is 2. The molecule has 0 fully saturated rings. The standard InChI is InChI=1S/C11H15N3O5/c1-7(2)14-4-3-12-10(11(14)19)13(5-8(15)16)6-9(17)18/h3-4,7H,5-6H2,1-2H3,(H,15,16)(H,17,18). The van der Waals surface area contributed by atoms with E-state index in [1.54, 1.807) is 13.8 Å². The molecular formula is C11H15N3O5. The molecule has 0 aliphatic heterocycles. The summed E-state index contributed by atoms with van der Waals surface area (Å²) >= 11 is 0. The van der Waals surface area contributed by atoms with Gasteiger partial charge in [0.2, 0.25) is 0 Å². The molecule has 1 aromatic heterocycles. The molecule has 0 saturated carbocycles. The molecule has 8 heteroatoms. The van der Waals surface area contributed by atoms with E-state index in [-0.39, 0.29) is 11.9 Å². The van der Waals surface area contributed by atoms with Crippen molar-refractivity contribution < 1.29 is 19.8 Å². The van der Waals surface area contributed by atoms with Crippen LogP contribution in [0.3, 0.4) is 0 Å². The van der Waals surface area contributed by atoms with Gasteiger partial charge in [-0.25, -0.2) is 4.98 Å². The molecule has 0 aliphatic rings. The van der Waals surface area contributed by atoms with E-state index in [0.717, 1.165) is 4.90 Å². The van der Waals surface area contributed by atoms with Crippen molar-refractivity contribution in [2.45, 2.75) is 19.9 Å². The van der Waals surface area contributed by atoms with Crippen molar-refractivity contribution in [2.75, 3.05) is 18.0 Å². The van der Waals surface area contributed by atoms with Gasteiger partial charge >= 0.3 is 11.9 Å². The summed E-state index contributed by atoms with van der Waals surface area (Å²) < 4.78 is 1.36. The number of carboxylic acid groups (broad SMARTS) is 2. The van der Waals surface area contributed by atoms with E-state index in [1.165, 1.54) is 17.0 Å². The number of anilines is 1. The second-order valence-electron chi connectivity index (χ2n) is 4.20. The number of carbonyl (C=O) groups is 2. The summed E-state index contributed by atoms with van der Waals surface area (Å²) in [5, 5.41) is 17.5. The van der Waals surface area contributed by atoms with Crippen LogP contribution in [0.5, 0.6) is 0 Å². The van der Waals surface area contributed by atoms with E-state index < -0.39 is 30.6 Å². The Labute approximate surface area is 108 Å². The third-order valence-electron chi connectivity index (χ3n) is 2.36. The van der Waals surface area contributed by atoms with Crippen LogP contribution in [0.2, 0.25) is 0 Å². The monoisotopic (exact) mass is 269 g/mol. The maximum atomic E-state index is 12.1. The summed E-state index contributed by atoms with van der Waals surface area (Å²) in [6, 6.07) is -0.134. The van der Waals surface area contributed by atoms with Crippen molar-refractivity contribution in [1.82, 2.24) is 9.55 Å². The molecule has 8 nitrogen and oxygen atoms in total. The minimum Gasteiger partial charge on any atom is -0.480 e. The molecule has 0 amide bonds. The number of nitrogens with zero attached hydrogens (tertiary/aromatic N) is 3. The van der Waals surface area contributed by atoms with Crippen LogP contribution >= 0.6 is 0 Å². The summed E-state index contributed by atoms with van der Waals surface area (Å²) in [6.07, 6.45) is 2.81. The first-order valence-corrected chi connectivity index (χ1v) is 5.58. The number of hydrogen-bond donors (Lipinski definition) is 2. The highest BCUT2D eigenvalue weighted by Gasteiger charge is 2.19. The highest BCUT2D eigenvalue weighted by atomic mass is 16.4. The minimum atomic E-state index is -1.23. The van der Waals surface area contributed by atoms with Gasteiger partial charge in [0.05, 0.1) is 0 Å². The van der Waals surface area contributed by atoms with E-state index in [0.29, 0.717) is 0 Å². The van der Waals surface area contributed by atoms with Crippen LogP contribution in [0.1, 0.15) is 19.9 Å². The summed E-state index contributed by atoms with van der Waals surface area (Å²) in [5.41, 5.74) is -0.514. The average molecular weight is 269 g/mol. The van der Waals surface area contributed by atoms with Gasteiger partial charge in [0.1, 0.15) is 13.1 Å². The van der Waals surface area contributed by atoms with Gasteiger partial charge in [-0.2, -0.15) is 0 Å². The lowest BCUT2D eigenvalue weighted by atomic mass is 10.3. The van der Waals surface area contributed by atoms with E-state index in [2.05, 4.69) is 4.98 Å². The molecule has 0 saturated heterocycles. The van der Waals surface area contributed by atoms with Gasteiger partial charge in [-0.05, 0) is 13.8 Å². The molecule has 1 rings (SSSR count). The van der Waals surface area contributed by atoms with Gasteiger partial charge in [0.25, 0.3) is 5.56 Å². The molecule has 0 spiro atoms. The van der Waals surface area contributed by atoms with E-state index in [9.17, 15) is 14.4 Å². The fourth-order valence-electron chi connectivity index (χ4n) is 1.57. The normalized spacial score (nSPS) is 10.5. The average Bonchev–Trinajstić information content (AvgIpc) is 2.26. The predicted octanol–water partition coefficient (Wildman–Crippen LogP) is -0.200. The second-order valence-corrected chi connectivity index (χ2v) is 4.20. The fourth-order valence-corrected chi connectivity index (χ4v) is 1.57. The number of hydrogen-bond acceptors (Lipinski definition) is 5. The van der Waals surface area contributed by atoms with Gasteiger partial charge in [0.15, 0.2) is 5.82 Å². The highest BCUT2D eigenvalue weighted by molar-refractivity contribution is 5.78. The predicted molar refractivity (Wildman–Crippen MR) is 66.4 cm³/mol. The Morgan fingerprint density at radius 3 is 2.26 bits per heavy atom. The summed E-state index contributed by atoms with van der Waals surface area (Å²) in [7, 11) is 0. The first-order chi connectivity index (χ1) is 8.82. The molecule has 0 aromatic carbocycles. The van der Waals surface area contributed by atoms with Crippen molar-refractivity contribution in [3.05, 3.63) is 22.7 Å². The SMILES string of the molecule is CC(C)n1ccnc(N(CC(=O)O)CC(=O)O)c1=O. The third-order valence-corrected chi connectivity index (χ3v) is 2.36. The molecular weight excluding hydrogens is 254 g/mol. The smallest absolute Gasteiger partial charge is 0.323 e. The second kappa shape index (κ2) is 5.98. The maximum absolute atomic E-state index is 12.1. The van der Waals surface area contributed by atoms with Gasteiger partial charge in [-0.3, -0.25) is 14.4 Å². The Kier molecular flexibility index (Phi) is 4.62. The highest BCUT2D eigenvalue weighted by Crippen LogP contribution is 2.06. The fraction of sp³-hybridized carbons (Fsp3) is 0.455. The van der Waals surface area contributed by atoms with Gasteiger partial charge in [0, 0.05) is 18.4 Å².